The number of ether oxygens (including phenoxy) is 1. The van der Waals surface area contributed by atoms with Crippen molar-refractivity contribution in [3.63, 3.8) is 0 Å². The molecule has 1 aromatic carbocycles. The van der Waals surface area contributed by atoms with Crippen molar-refractivity contribution in [2.45, 2.75) is 44.2 Å². The van der Waals surface area contributed by atoms with Crippen LogP contribution in [0.15, 0.2) is 24.3 Å². The molecule has 1 aromatic heterocycles. The molecule has 28 heavy (non-hydrogen) atoms. The number of aliphatic hydroxyl groups excluding tert-OH is 1. The number of hydrogen-bond acceptors (Lipinski definition) is 7. The molecular weight excluding hydrogens is 366 g/mol. The molecule has 1 amide bonds. The molecule has 2 aromatic rings. The molecule has 1 aliphatic carbocycles. The molecule has 0 radical (unpaired) electrons. The van der Waals surface area contributed by atoms with Crippen LogP contribution in [0, 0.1) is 0 Å². The fraction of sp³-hybridized carbons (Fsp3) is 0.444. The van der Waals surface area contributed by atoms with Crippen molar-refractivity contribution >= 4 is 11.9 Å². The Balaban J connectivity index is 0.000000640. The molecule has 0 aliphatic heterocycles. The van der Waals surface area contributed by atoms with E-state index in [0.29, 0.717) is 35.9 Å². The summed E-state index contributed by atoms with van der Waals surface area (Å²) in [4.78, 5) is 24.7. The lowest BCUT2D eigenvalue weighted by atomic mass is 10.1. The lowest BCUT2D eigenvalue weighted by molar-refractivity contribution is -0.134. The molecule has 0 saturated heterocycles. The van der Waals surface area contributed by atoms with Gasteiger partial charge in [0.2, 0.25) is 5.91 Å². The van der Waals surface area contributed by atoms with Gasteiger partial charge in [-0.1, -0.05) is 12.1 Å². The zero-order chi connectivity index (χ0) is 20.8. The number of nitrogens with zero attached hydrogens (tertiary/aromatic N) is 3. The summed E-state index contributed by atoms with van der Waals surface area (Å²) in [5, 5.41) is 21.8. The maximum absolute atomic E-state index is 11.2. The van der Waals surface area contributed by atoms with Crippen LogP contribution < -0.4 is 16.2 Å². The number of carbonyl (C=O) groups excluding carboxylic acids is 1. The average molecular weight is 391 g/mol. The Bertz CT molecular complexity index is 824. The number of rotatable bonds is 5. The van der Waals surface area contributed by atoms with E-state index in [2.05, 4.69) is 10.1 Å². The van der Waals surface area contributed by atoms with E-state index in [-0.39, 0.29) is 18.4 Å². The van der Waals surface area contributed by atoms with Crippen molar-refractivity contribution in [2.24, 2.45) is 11.5 Å². The molecule has 0 bridgehead atoms. The van der Waals surface area contributed by atoms with Gasteiger partial charge >= 0.3 is 0 Å². The summed E-state index contributed by atoms with van der Waals surface area (Å²) in [7, 11) is 1.58. The predicted molar refractivity (Wildman–Crippen MR) is 100 cm³/mol. The van der Waals surface area contributed by atoms with Gasteiger partial charge in [-0.15, -0.1) is 0 Å². The molecule has 1 heterocycles. The summed E-state index contributed by atoms with van der Waals surface area (Å²) in [5.74, 6) is 0.258. The van der Waals surface area contributed by atoms with Gasteiger partial charge in [0.15, 0.2) is 5.82 Å². The lowest BCUT2D eigenvalue weighted by Crippen LogP contribution is -2.28. The normalized spacial score (nSPS) is 20.9. The number of hydrogen-bond donors (Lipinski definition) is 4. The minimum absolute atomic E-state index is 0.0452. The van der Waals surface area contributed by atoms with E-state index >= 15 is 0 Å². The number of aliphatic hydroxyl groups is 1. The van der Waals surface area contributed by atoms with Crippen LogP contribution >= 0.6 is 0 Å². The van der Waals surface area contributed by atoms with Gasteiger partial charge in [-0.3, -0.25) is 9.59 Å². The smallest absolute Gasteiger partial charge is 0.300 e. The van der Waals surface area contributed by atoms with Gasteiger partial charge in [0.25, 0.3) is 5.97 Å². The van der Waals surface area contributed by atoms with Gasteiger partial charge < -0.3 is 26.4 Å². The number of carboxylic acids is 1. The van der Waals surface area contributed by atoms with Crippen LogP contribution in [0.1, 0.15) is 37.3 Å². The van der Waals surface area contributed by atoms with Crippen LogP contribution in [0.4, 0.5) is 0 Å². The zero-order valence-electron chi connectivity index (χ0n) is 15.8. The zero-order valence-corrected chi connectivity index (χ0v) is 15.8. The minimum atomic E-state index is -0.833. The molecule has 10 nitrogen and oxygen atoms in total. The van der Waals surface area contributed by atoms with Gasteiger partial charge in [0.05, 0.1) is 19.6 Å². The number of benzene rings is 1. The number of amides is 1. The van der Waals surface area contributed by atoms with Crippen molar-refractivity contribution in [1.29, 1.82) is 0 Å². The highest BCUT2D eigenvalue weighted by molar-refractivity contribution is 5.75. The van der Waals surface area contributed by atoms with Gasteiger partial charge in [0.1, 0.15) is 17.3 Å². The predicted octanol–water partition coefficient (Wildman–Crippen LogP) is -0.0398. The summed E-state index contributed by atoms with van der Waals surface area (Å²) in [6.45, 7) is 1.08. The average Bonchev–Trinajstić information content (AvgIpc) is 3.17. The Hall–Kier alpha value is -2.98. The molecule has 6 N–H and O–H groups in total. The second-order valence-electron chi connectivity index (χ2n) is 6.53. The van der Waals surface area contributed by atoms with E-state index in [1.165, 1.54) is 0 Å². The van der Waals surface area contributed by atoms with Crippen LogP contribution in [0.25, 0.3) is 5.69 Å². The molecular formula is C18H25N5O5. The van der Waals surface area contributed by atoms with E-state index < -0.39 is 18.0 Å². The first kappa shape index (κ1) is 21.3. The third-order valence-corrected chi connectivity index (χ3v) is 4.26. The summed E-state index contributed by atoms with van der Waals surface area (Å²) >= 11 is 0. The maximum atomic E-state index is 11.2. The first-order valence-corrected chi connectivity index (χ1v) is 8.73. The second kappa shape index (κ2) is 9.29. The molecule has 10 heteroatoms. The molecule has 152 valence electrons. The summed E-state index contributed by atoms with van der Waals surface area (Å²) < 4.78 is 7.05. The highest BCUT2D eigenvalue weighted by atomic mass is 16.5. The van der Waals surface area contributed by atoms with Crippen molar-refractivity contribution in [2.75, 3.05) is 7.11 Å². The Morgan fingerprint density at radius 2 is 1.96 bits per heavy atom. The summed E-state index contributed by atoms with van der Waals surface area (Å²) in [6, 6.07) is 7.11. The molecule has 3 rings (SSSR count). The third-order valence-electron chi connectivity index (χ3n) is 4.26. The minimum Gasteiger partial charge on any atom is -0.494 e. The maximum Gasteiger partial charge on any atom is 0.300 e. The van der Waals surface area contributed by atoms with E-state index in [9.17, 15) is 9.90 Å². The Labute approximate surface area is 162 Å². The van der Waals surface area contributed by atoms with Crippen LogP contribution in [0.5, 0.6) is 5.75 Å². The largest absolute Gasteiger partial charge is 0.494 e. The Kier molecular flexibility index (Phi) is 7.07. The molecule has 0 unspecified atom stereocenters. The number of primary amides is 1. The van der Waals surface area contributed by atoms with Crippen LogP contribution in [0.2, 0.25) is 0 Å². The monoisotopic (exact) mass is 391 g/mol. The number of aliphatic carboxylic acids is 1. The summed E-state index contributed by atoms with van der Waals surface area (Å²) in [6.07, 6.45) is 0.490. The van der Waals surface area contributed by atoms with Crippen molar-refractivity contribution < 1.29 is 24.5 Å². The Morgan fingerprint density at radius 1 is 1.32 bits per heavy atom. The fourth-order valence-electron chi connectivity index (χ4n) is 3.10. The number of carbonyl (C=O) groups is 2. The third kappa shape index (κ3) is 5.27. The van der Waals surface area contributed by atoms with Gasteiger partial charge in [-0.25, -0.2) is 9.67 Å². The van der Waals surface area contributed by atoms with Gasteiger partial charge in [-0.2, -0.15) is 5.10 Å². The van der Waals surface area contributed by atoms with Crippen LogP contribution in [0.3, 0.4) is 0 Å². The SMILES string of the molecule is CC(=O)O.COc1ccccc1-n1nc(CC(N)=O)nc1[C@H]1C[C@H](N)[C@@H](O)C1. The highest BCUT2D eigenvalue weighted by Crippen LogP contribution is 2.35. The van der Waals surface area contributed by atoms with Crippen molar-refractivity contribution in [1.82, 2.24) is 14.8 Å². The second-order valence-corrected chi connectivity index (χ2v) is 6.53. The number of aromatic nitrogens is 3. The number of nitrogens with two attached hydrogens (primary N) is 2. The molecule has 3 atom stereocenters. The number of methoxy groups -OCH3 is 1. The topological polar surface area (TPSA) is 167 Å². The van der Waals surface area contributed by atoms with Gasteiger partial charge in [0, 0.05) is 18.9 Å². The quantitative estimate of drug-likeness (QED) is 0.551. The highest BCUT2D eigenvalue weighted by Gasteiger charge is 2.35. The van der Waals surface area contributed by atoms with E-state index in [1.807, 2.05) is 24.3 Å². The summed E-state index contributed by atoms with van der Waals surface area (Å²) in [5.41, 5.74) is 11.9. The van der Waals surface area contributed by atoms with Gasteiger partial charge in [-0.05, 0) is 25.0 Å². The van der Waals surface area contributed by atoms with Crippen molar-refractivity contribution in [3.8, 4) is 11.4 Å². The molecule has 0 spiro atoms. The van der Waals surface area contributed by atoms with E-state index in [4.69, 9.17) is 26.1 Å². The molecule has 1 aliphatic rings. The lowest BCUT2D eigenvalue weighted by Gasteiger charge is -2.13. The van der Waals surface area contributed by atoms with Crippen LogP contribution in [-0.4, -0.2) is 56.1 Å². The number of carboxylic acid groups (broad SMARTS) is 1. The molecule has 1 fully saturated rings. The van der Waals surface area contributed by atoms with E-state index in [1.54, 1.807) is 11.8 Å². The molecule has 1 saturated carbocycles. The van der Waals surface area contributed by atoms with Crippen LogP contribution in [-0.2, 0) is 16.0 Å². The van der Waals surface area contributed by atoms with E-state index in [0.717, 1.165) is 6.92 Å². The first-order valence-electron chi connectivity index (χ1n) is 8.73. The fourth-order valence-corrected chi connectivity index (χ4v) is 3.10. The number of para-hydroxylation sites is 2. The standard InChI is InChI=1S/C16H21N5O3.C2H4O2/c1-24-13-5-3-2-4-11(13)21-16(9-6-10(17)12(22)7-9)19-15(20-21)8-14(18)23;1-2(3)4/h2-5,9-10,12,22H,6-8,17H2,1H3,(H2,18,23);1H3,(H,3,4)/t9-,10-,12-;/m0./s1. The Morgan fingerprint density at radius 3 is 2.50 bits per heavy atom. The van der Waals surface area contributed by atoms with Crippen molar-refractivity contribution in [3.05, 3.63) is 35.9 Å². The first-order chi connectivity index (χ1) is 13.2.